The summed E-state index contributed by atoms with van der Waals surface area (Å²) in [5.41, 5.74) is 7.72. The van der Waals surface area contributed by atoms with Gasteiger partial charge >= 0.3 is 0 Å². The number of benzene rings is 3. The van der Waals surface area contributed by atoms with Gasteiger partial charge in [0.1, 0.15) is 12.6 Å². The number of fused-ring (bicyclic) bond motifs is 1. The number of imide groups is 2. The fourth-order valence-corrected chi connectivity index (χ4v) is 10.2. The molecule has 0 saturated carbocycles. The number of hydrogen-bond donors (Lipinski definition) is 5. The average molecular weight is 1090 g/mol. The molecule has 2 saturated heterocycles. The summed E-state index contributed by atoms with van der Waals surface area (Å²) >= 11 is 0. The molecule has 79 heavy (non-hydrogen) atoms. The highest BCUT2D eigenvalue weighted by molar-refractivity contribution is 6.26. The summed E-state index contributed by atoms with van der Waals surface area (Å²) in [6, 6.07) is 17.9. The van der Waals surface area contributed by atoms with E-state index in [9.17, 15) is 38.4 Å². The third-order valence-electron chi connectivity index (χ3n) is 14.6. The maximum absolute atomic E-state index is 13.9. The van der Waals surface area contributed by atoms with Crippen molar-refractivity contribution >= 4 is 52.7 Å². The molecule has 20 nitrogen and oxygen atoms in total. The number of piperidine rings is 1. The van der Waals surface area contributed by atoms with Gasteiger partial charge in [0.2, 0.25) is 23.6 Å². The SMILES string of the molecule is CCOCCCN(CC)c1cc(-c2ccc(CN3CCN(CC(=O)NCCCCCOCCCOCC(=O)Nc4cccc5c4C(=O)N(C4CCC(=O)NC4=O)C5=O)CC3)cc2)cc(C(=O)NCc2c(C)cc(C)[nH]c2=O)c1C. The van der Waals surface area contributed by atoms with Gasteiger partial charge in [-0.3, -0.25) is 58.4 Å². The van der Waals surface area contributed by atoms with Gasteiger partial charge in [-0.2, -0.15) is 0 Å². The molecule has 2 fully saturated rings. The summed E-state index contributed by atoms with van der Waals surface area (Å²) in [7, 11) is 0. The van der Waals surface area contributed by atoms with Crippen molar-refractivity contribution < 1.29 is 47.8 Å². The Balaban J connectivity index is 0.760. The zero-order valence-electron chi connectivity index (χ0n) is 46.4. The highest BCUT2D eigenvalue weighted by Crippen LogP contribution is 2.34. The number of aromatic amines is 1. The van der Waals surface area contributed by atoms with Crippen LogP contribution in [0.25, 0.3) is 11.1 Å². The highest BCUT2D eigenvalue weighted by atomic mass is 16.5. The second-order valence-corrected chi connectivity index (χ2v) is 20.3. The van der Waals surface area contributed by atoms with E-state index in [-0.39, 0.29) is 66.8 Å². The van der Waals surface area contributed by atoms with E-state index >= 15 is 0 Å². The molecule has 0 spiro atoms. The summed E-state index contributed by atoms with van der Waals surface area (Å²) in [5.74, 6) is -3.26. The first-order valence-corrected chi connectivity index (χ1v) is 27.7. The Morgan fingerprint density at radius 1 is 0.747 bits per heavy atom. The minimum atomic E-state index is -1.11. The summed E-state index contributed by atoms with van der Waals surface area (Å²) in [5, 5.41) is 10.9. The van der Waals surface area contributed by atoms with Gasteiger partial charge in [-0.15, -0.1) is 0 Å². The quantitative estimate of drug-likeness (QED) is 0.0355. The Labute approximate surface area is 462 Å². The lowest BCUT2D eigenvalue weighted by atomic mass is 9.96. The van der Waals surface area contributed by atoms with Gasteiger partial charge in [0.05, 0.1) is 23.4 Å². The number of aromatic nitrogens is 1. The first kappa shape index (κ1) is 59.6. The molecule has 1 atom stereocenters. The van der Waals surface area contributed by atoms with Gasteiger partial charge in [0.15, 0.2) is 0 Å². The smallest absolute Gasteiger partial charge is 0.264 e. The molecular formula is C59H77N9O11. The summed E-state index contributed by atoms with van der Waals surface area (Å²) < 4.78 is 16.9. The van der Waals surface area contributed by atoms with Crippen LogP contribution in [0.3, 0.4) is 0 Å². The van der Waals surface area contributed by atoms with Gasteiger partial charge in [0.25, 0.3) is 23.3 Å². The van der Waals surface area contributed by atoms with Gasteiger partial charge in [-0.05, 0) is 131 Å². The maximum Gasteiger partial charge on any atom is 0.264 e. The number of carbonyl (C=O) groups excluding carboxylic acids is 7. The van der Waals surface area contributed by atoms with Crippen molar-refractivity contribution in [2.45, 2.75) is 98.7 Å². The molecule has 3 aliphatic rings. The third-order valence-corrected chi connectivity index (χ3v) is 14.6. The van der Waals surface area contributed by atoms with Crippen LogP contribution in [0.1, 0.15) is 118 Å². The zero-order valence-corrected chi connectivity index (χ0v) is 46.4. The minimum absolute atomic E-state index is 0.00414. The minimum Gasteiger partial charge on any atom is -0.382 e. The van der Waals surface area contributed by atoms with Crippen LogP contribution in [0.15, 0.2) is 65.5 Å². The summed E-state index contributed by atoms with van der Waals surface area (Å²) in [6.45, 7) is 18.9. The lowest BCUT2D eigenvalue weighted by Gasteiger charge is -2.34. The second-order valence-electron chi connectivity index (χ2n) is 20.3. The fourth-order valence-electron chi connectivity index (χ4n) is 10.2. The van der Waals surface area contributed by atoms with Crippen LogP contribution in [0, 0.1) is 20.8 Å². The molecule has 4 heterocycles. The molecule has 3 aliphatic heterocycles. The predicted molar refractivity (Wildman–Crippen MR) is 300 cm³/mol. The molecule has 4 aromatic rings. The van der Waals surface area contributed by atoms with Crippen molar-refractivity contribution in [1.82, 2.24) is 35.6 Å². The number of unbranched alkanes of at least 4 members (excludes halogenated alkanes) is 2. The van der Waals surface area contributed by atoms with Crippen molar-refractivity contribution in [3.63, 3.8) is 0 Å². The highest BCUT2D eigenvalue weighted by Gasteiger charge is 2.45. The van der Waals surface area contributed by atoms with Crippen molar-refractivity contribution in [2.75, 3.05) is 102 Å². The van der Waals surface area contributed by atoms with Crippen LogP contribution >= 0.6 is 0 Å². The van der Waals surface area contributed by atoms with E-state index in [0.29, 0.717) is 57.1 Å². The van der Waals surface area contributed by atoms with E-state index < -0.39 is 35.6 Å². The number of ether oxygens (including phenoxy) is 3. The van der Waals surface area contributed by atoms with Crippen LogP contribution in [-0.2, 0) is 46.5 Å². The number of amides is 7. The number of piperazine rings is 1. The van der Waals surface area contributed by atoms with Crippen molar-refractivity contribution in [2.24, 2.45) is 0 Å². The molecule has 7 rings (SSSR count). The van der Waals surface area contributed by atoms with Crippen LogP contribution in [0.4, 0.5) is 11.4 Å². The average Bonchev–Trinajstić information content (AvgIpc) is 3.79. The summed E-state index contributed by atoms with van der Waals surface area (Å²) in [4.78, 5) is 113. The maximum atomic E-state index is 13.9. The van der Waals surface area contributed by atoms with E-state index in [4.69, 9.17) is 14.2 Å². The number of nitrogens with one attached hydrogen (secondary N) is 5. The van der Waals surface area contributed by atoms with Crippen LogP contribution < -0.4 is 31.7 Å². The van der Waals surface area contributed by atoms with Gasteiger partial charge in [-0.25, -0.2) is 0 Å². The molecule has 7 amide bonds. The topological polar surface area (TPSA) is 241 Å². The molecule has 1 aromatic heterocycles. The molecule has 0 aliphatic carbocycles. The lowest BCUT2D eigenvalue weighted by Crippen LogP contribution is -2.54. The van der Waals surface area contributed by atoms with Crippen molar-refractivity contribution in [3.8, 4) is 11.1 Å². The number of carbonyl (C=O) groups is 7. The number of H-pyrrole nitrogens is 1. The number of anilines is 2. The van der Waals surface area contributed by atoms with E-state index in [2.05, 4.69) is 78.2 Å². The molecule has 424 valence electrons. The first-order valence-electron chi connectivity index (χ1n) is 27.7. The van der Waals surface area contributed by atoms with E-state index in [1.54, 1.807) is 0 Å². The first-order chi connectivity index (χ1) is 38.1. The monoisotopic (exact) mass is 1090 g/mol. The lowest BCUT2D eigenvalue weighted by molar-refractivity contribution is -0.136. The number of rotatable bonds is 29. The molecular weight excluding hydrogens is 1010 g/mol. The Morgan fingerprint density at radius 2 is 1.48 bits per heavy atom. The number of pyridine rings is 1. The summed E-state index contributed by atoms with van der Waals surface area (Å²) in [6.07, 6.45) is 4.04. The molecule has 5 N–H and O–H groups in total. The van der Waals surface area contributed by atoms with Crippen LogP contribution in [0.2, 0.25) is 0 Å². The predicted octanol–water partition coefficient (Wildman–Crippen LogP) is 5.02. The largest absolute Gasteiger partial charge is 0.382 e. The Hall–Kier alpha value is -7.10. The molecule has 3 aromatic carbocycles. The van der Waals surface area contributed by atoms with Gasteiger partial charge in [0, 0.05) is 121 Å². The van der Waals surface area contributed by atoms with E-state index in [1.165, 1.54) is 23.8 Å². The standard InChI is InChI=1S/C59H77N9O11/c1-6-67(23-12-29-77-7-2)50-34-44(33-46(41(50)5)55(72)61-35-47-39(3)32-40(4)62-56(47)73)43-18-16-42(17-19-43)36-65-24-26-66(27-25-65)37-52(70)60-22-9-8-10-28-78-30-13-31-79-38-53(71)63-48-15-11-14-45-54(48)59(76)68(58(45)75)49-20-21-51(69)64-57(49)74/h11,14-19,32-34,49H,6-10,12-13,20-31,35-38H2,1-5H3,(H,60,70)(H,61,72)(H,62,73)(H,63,71)(H,64,69,74). The number of nitrogens with zero attached hydrogens (tertiary/aromatic N) is 4. The van der Waals surface area contributed by atoms with Crippen molar-refractivity contribution in [3.05, 3.63) is 116 Å². The fraction of sp³-hybridized carbons (Fsp3) is 0.492. The van der Waals surface area contributed by atoms with E-state index in [0.717, 1.165) is 110 Å². The van der Waals surface area contributed by atoms with E-state index in [1.807, 2.05) is 39.8 Å². The number of aryl methyl sites for hydroxylation is 2. The van der Waals surface area contributed by atoms with Crippen LogP contribution in [-0.4, -0.2) is 159 Å². The molecule has 20 heteroatoms. The molecule has 0 radical (unpaired) electrons. The van der Waals surface area contributed by atoms with Gasteiger partial charge in [-0.1, -0.05) is 30.3 Å². The molecule has 1 unspecified atom stereocenters. The Bertz CT molecular complexity index is 2880. The van der Waals surface area contributed by atoms with Gasteiger partial charge < -0.3 is 40.0 Å². The van der Waals surface area contributed by atoms with Crippen molar-refractivity contribution in [1.29, 1.82) is 0 Å². The second kappa shape index (κ2) is 29.2. The third kappa shape index (κ3) is 16.3. The number of hydrogen-bond acceptors (Lipinski definition) is 14. The Kier molecular flexibility index (Phi) is 22.0. The zero-order chi connectivity index (χ0) is 56.4. The molecule has 0 bridgehead atoms. The Morgan fingerprint density at radius 3 is 2.22 bits per heavy atom. The van der Waals surface area contributed by atoms with Crippen LogP contribution in [0.5, 0.6) is 0 Å². The normalized spacial score (nSPS) is 15.8.